The Labute approximate surface area is 190 Å². The summed E-state index contributed by atoms with van der Waals surface area (Å²) in [6, 6.07) is 10.5. The first-order chi connectivity index (χ1) is 16.6. The summed E-state index contributed by atoms with van der Waals surface area (Å²) in [5, 5.41) is 13.3. The molecule has 0 saturated heterocycles. The third-order valence-electron chi connectivity index (χ3n) is 5.75. The van der Waals surface area contributed by atoms with Crippen LogP contribution in [0.5, 0.6) is 0 Å². The normalized spacial score (nSPS) is 15.7. The number of amides is 1. The molecule has 1 aliphatic heterocycles. The molecule has 6 rings (SSSR count). The van der Waals surface area contributed by atoms with Crippen LogP contribution in [-0.2, 0) is 6.42 Å². The van der Waals surface area contributed by atoms with Gasteiger partial charge in [-0.15, -0.1) is 10.2 Å². The summed E-state index contributed by atoms with van der Waals surface area (Å²) >= 11 is 0. The van der Waals surface area contributed by atoms with Gasteiger partial charge in [-0.1, -0.05) is 24.3 Å². The van der Waals surface area contributed by atoms with Gasteiger partial charge in [0.25, 0.3) is 5.89 Å². The molecule has 10 nitrogen and oxygen atoms in total. The second-order valence-corrected chi connectivity index (χ2v) is 7.74. The molecule has 0 unspecified atom stereocenters. The van der Waals surface area contributed by atoms with Crippen LogP contribution in [0.15, 0.2) is 59.5 Å². The third-order valence-corrected chi connectivity index (χ3v) is 5.75. The number of aromatic amines is 1. The smallest absolute Gasteiger partial charge is 0.333 e. The number of alkyl halides is 2. The lowest BCUT2D eigenvalue weighted by molar-refractivity contribution is 0.0566. The van der Waals surface area contributed by atoms with Gasteiger partial charge in [0.2, 0.25) is 0 Å². The number of benzene rings is 1. The highest BCUT2D eigenvalue weighted by Gasteiger charge is 2.37. The minimum Gasteiger partial charge on any atom is -0.411 e. The number of carbonyl (C=O) groups is 1. The maximum atomic E-state index is 13.5. The summed E-state index contributed by atoms with van der Waals surface area (Å²) in [5.41, 5.74) is 2.31. The molecule has 0 spiro atoms. The van der Waals surface area contributed by atoms with Gasteiger partial charge >= 0.3 is 18.3 Å². The van der Waals surface area contributed by atoms with Gasteiger partial charge in [0.05, 0.1) is 17.7 Å². The topological polar surface area (TPSA) is 119 Å². The van der Waals surface area contributed by atoms with Gasteiger partial charge in [-0.2, -0.15) is 13.9 Å². The van der Waals surface area contributed by atoms with Crippen LogP contribution in [0, 0.1) is 0 Å². The number of pyridine rings is 1. The average molecular weight is 462 g/mol. The number of halogens is 2. The predicted molar refractivity (Wildman–Crippen MR) is 114 cm³/mol. The van der Waals surface area contributed by atoms with Gasteiger partial charge in [0, 0.05) is 36.4 Å². The molecular weight excluding hydrogens is 446 g/mol. The number of hydrogen-bond donors (Lipinski definition) is 1. The lowest BCUT2D eigenvalue weighted by Crippen LogP contribution is -2.41. The van der Waals surface area contributed by atoms with E-state index in [1.165, 1.54) is 6.07 Å². The highest BCUT2D eigenvalue weighted by molar-refractivity contribution is 5.90. The molecule has 34 heavy (non-hydrogen) atoms. The number of hydrogen-bond acceptors (Lipinski definition) is 7. The number of imidazole rings is 1. The van der Waals surface area contributed by atoms with Crippen molar-refractivity contribution in [3.05, 3.63) is 78.1 Å². The van der Waals surface area contributed by atoms with Gasteiger partial charge < -0.3 is 14.3 Å². The quantitative estimate of drug-likeness (QED) is 0.435. The Bertz CT molecular complexity index is 1510. The Morgan fingerprint density at radius 1 is 1.15 bits per heavy atom. The van der Waals surface area contributed by atoms with Gasteiger partial charge in [0.1, 0.15) is 11.7 Å². The van der Waals surface area contributed by atoms with Gasteiger partial charge in [-0.05, 0) is 17.5 Å². The Morgan fingerprint density at radius 3 is 2.82 bits per heavy atom. The molecule has 0 bridgehead atoms. The van der Waals surface area contributed by atoms with E-state index in [0.717, 1.165) is 22.7 Å². The van der Waals surface area contributed by atoms with E-state index in [0.29, 0.717) is 29.0 Å². The summed E-state index contributed by atoms with van der Waals surface area (Å²) in [4.78, 5) is 27.2. The first-order valence-electron chi connectivity index (χ1n) is 10.4. The summed E-state index contributed by atoms with van der Waals surface area (Å²) in [6.07, 6.45) is 5.01. The van der Waals surface area contributed by atoms with Crippen molar-refractivity contribution < 1.29 is 18.0 Å². The molecule has 12 heteroatoms. The maximum absolute atomic E-state index is 13.5. The van der Waals surface area contributed by atoms with Crippen molar-refractivity contribution in [3.63, 3.8) is 0 Å². The largest absolute Gasteiger partial charge is 0.411 e. The zero-order valence-electron chi connectivity index (χ0n) is 17.5. The molecule has 5 aromatic rings. The zero-order chi connectivity index (χ0) is 23.2. The van der Waals surface area contributed by atoms with Crippen LogP contribution in [-0.4, -0.2) is 52.3 Å². The van der Waals surface area contributed by atoms with Crippen LogP contribution in [0.1, 0.15) is 40.4 Å². The Kier molecular flexibility index (Phi) is 4.64. The fourth-order valence-electron chi connectivity index (χ4n) is 4.14. The number of fused-ring (bicyclic) bond motifs is 2. The predicted octanol–water partition coefficient (Wildman–Crippen LogP) is 3.39. The standard InChI is InChI=1S/C22H16F2N8O2/c23-22(24)32-8-6-15(30-32)19-28-29-20(34-19)21(33)31-7-5-14-17(27-11-26-14)18(31)16-9-12-3-1-2-4-13(12)10-25-16/h1-4,6,8-11,18,22H,5,7H2,(H,26,27)/t18-/m1/s1. The Hall–Kier alpha value is -4.48. The van der Waals surface area contributed by atoms with Crippen LogP contribution in [0.2, 0.25) is 0 Å². The fraction of sp³-hybridized carbons (Fsp3) is 0.182. The zero-order valence-corrected chi connectivity index (χ0v) is 17.5. The van der Waals surface area contributed by atoms with Crippen molar-refractivity contribution in [1.29, 1.82) is 0 Å². The molecule has 170 valence electrons. The van der Waals surface area contributed by atoms with Crippen LogP contribution in [0.25, 0.3) is 22.4 Å². The Morgan fingerprint density at radius 2 is 2.00 bits per heavy atom. The van der Waals surface area contributed by atoms with Crippen molar-refractivity contribution in [3.8, 4) is 11.6 Å². The molecule has 0 fully saturated rings. The number of aromatic nitrogens is 7. The van der Waals surface area contributed by atoms with E-state index in [4.69, 9.17) is 4.42 Å². The molecule has 1 aliphatic rings. The first-order valence-corrected chi connectivity index (χ1v) is 10.4. The number of H-pyrrole nitrogens is 1. The van der Waals surface area contributed by atoms with Crippen molar-refractivity contribution in [2.45, 2.75) is 19.0 Å². The minimum atomic E-state index is -2.80. The highest BCUT2D eigenvalue weighted by Crippen LogP contribution is 2.34. The van der Waals surface area contributed by atoms with E-state index in [9.17, 15) is 13.6 Å². The molecule has 0 aliphatic carbocycles. The van der Waals surface area contributed by atoms with E-state index >= 15 is 0 Å². The average Bonchev–Trinajstić information content (AvgIpc) is 3.62. The van der Waals surface area contributed by atoms with Crippen LogP contribution < -0.4 is 0 Å². The van der Waals surface area contributed by atoms with E-state index in [1.807, 2.05) is 30.3 Å². The first kappa shape index (κ1) is 20.1. The summed E-state index contributed by atoms with van der Waals surface area (Å²) < 4.78 is 31.6. The summed E-state index contributed by atoms with van der Waals surface area (Å²) in [5.74, 6) is -0.910. The monoisotopic (exact) mass is 462 g/mol. The van der Waals surface area contributed by atoms with Gasteiger partial charge in [0.15, 0.2) is 0 Å². The molecule has 1 amide bonds. The fourth-order valence-corrected chi connectivity index (χ4v) is 4.14. The van der Waals surface area contributed by atoms with E-state index in [-0.39, 0.29) is 17.5 Å². The Balaban J connectivity index is 1.37. The maximum Gasteiger partial charge on any atom is 0.333 e. The van der Waals surface area contributed by atoms with Crippen molar-refractivity contribution in [2.24, 2.45) is 0 Å². The molecular formula is C22H16F2N8O2. The van der Waals surface area contributed by atoms with Crippen molar-refractivity contribution in [1.82, 2.24) is 39.8 Å². The number of nitrogens with one attached hydrogen (secondary N) is 1. The molecule has 1 aromatic carbocycles. The molecule has 0 saturated carbocycles. The molecule has 5 heterocycles. The molecule has 1 N–H and O–H groups in total. The molecule has 0 radical (unpaired) electrons. The van der Waals surface area contributed by atoms with E-state index < -0.39 is 18.5 Å². The molecule has 1 atom stereocenters. The number of nitrogens with zero attached hydrogens (tertiary/aromatic N) is 7. The van der Waals surface area contributed by atoms with Crippen LogP contribution >= 0.6 is 0 Å². The van der Waals surface area contributed by atoms with Gasteiger partial charge in [-0.25, -0.2) is 9.67 Å². The number of rotatable bonds is 4. The summed E-state index contributed by atoms with van der Waals surface area (Å²) in [7, 11) is 0. The third kappa shape index (κ3) is 3.31. The highest BCUT2D eigenvalue weighted by atomic mass is 19.3. The minimum absolute atomic E-state index is 0.0489. The SMILES string of the molecule is O=C(c1nnc(-c2ccn(C(F)F)n2)o1)N1CCc2[nH]cnc2[C@H]1c1cc2ccccc2cn1. The van der Waals surface area contributed by atoms with Crippen LogP contribution in [0.4, 0.5) is 8.78 Å². The van der Waals surface area contributed by atoms with E-state index in [2.05, 4.69) is 30.2 Å². The second kappa shape index (κ2) is 7.83. The summed E-state index contributed by atoms with van der Waals surface area (Å²) in [6.45, 7) is -2.44. The van der Waals surface area contributed by atoms with Crippen molar-refractivity contribution in [2.75, 3.05) is 6.54 Å². The van der Waals surface area contributed by atoms with E-state index in [1.54, 1.807) is 17.4 Å². The number of carbonyl (C=O) groups excluding carboxylic acids is 1. The second-order valence-electron chi connectivity index (χ2n) is 7.74. The lowest BCUT2D eigenvalue weighted by Gasteiger charge is -2.33. The molecule has 4 aromatic heterocycles. The van der Waals surface area contributed by atoms with Gasteiger partial charge in [-0.3, -0.25) is 9.78 Å². The van der Waals surface area contributed by atoms with Crippen LogP contribution in [0.3, 0.4) is 0 Å². The van der Waals surface area contributed by atoms with Crippen molar-refractivity contribution >= 4 is 16.7 Å². The lowest BCUT2D eigenvalue weighted by atomic mass is 9.98.